The van der Waals surface area contributed by atoms with Gasteiger partial charge in [-0.05, 0) is 13.3 Å². The van der Waals surface area contributed by atoms with E-state index in [1.807, 2.05) is 6.92 Å². The second-order valence-electron chi connectivity index (χ2n) is 3.67. The molecule has 0 radical (unpaired) electrons. The number of hydrogen-bond donors (Lipinski definition) is 2. The molecule has 0 aromatic rings. The van der Waals surface area contributed by atoms with Crippen LogP contribution in [-0.4, -0.2) is 28.9 Å². The Morgan fingerprint density at radius 3 is 3.00 bits per heavy atom. The van der Waals surface area contributed by atoms with Crippen LogP contribution >= 0.6 is 0 Å². The molecule has 1 fully saturated rings. The van der Waals surface area contributed by atoms with Crippen LogP contribution in [0.5, 0.6) is 0 Å². The monoisotopic (exact) mass is 184 g/mol. The van der Waals surface area contributed by atoms with Gasteiger partial charge < -0.3 is 15.7 Å². The molecule has 13 heavy (non-hydrogen) atoms. The zero-order valence-corrected chi connectivity index (χ0v) is 7.30. The Labute approximate surface area is 75.5 Å². The zero-order chi connectivity index (χ0) is 9.59. The van der Waals surface area contributed by atoms with E-state index in [0.717, 1.165) is 5.71 Å². The number of hydrogen-bond acceptors (Lipinski definition) is 4. The molecule has 0 bridgehead atoms. The molecule has 4 atom stereocenters. The highest BCUT2D eigenvalue weighted by atomic mass is 16.6. The van der Waals surface area contributed by atoms with Gasteiger partial charge in [0.15, 0.2) is 6.10 Å². The van der Waals surface area contributed by atoms with Crippen molar-refractivity contribution in [1.82, 2.24) is 0 Å². The first-order valence-electron chi connectivity index (χ1n) is 4.30. The molecule has 1 aliphatic heterocycles. The minimum Gasteiger partial charge on any atom is -0.481 e. The van der Waals surface area contributed by atoms with Crippen LogP contribution in [0.2, 0.25) is 0 Å². The fourth-order valence-electron chi connectivity index (χ4n) is 2.09. The molecule has 3 N–H and O–H groups in total. The molecule has 0 saturated heterocycles. The Balaban J connectivity index is 2.18. The normalized spacial score (nSPS) is 42.5. The molecule has 2 aliphatic rings. The van der Waals surface area contributed by atoms with Gasteiger partial charge in [-0.2, -0.15) is 0 Å². The molecular formula is C8H12N2O3. The van der Waals surface area contributed by atoms with E-state index in [-0.39, 0.29) is 12.0 Å². The van der Waals surface area contributed by atoms with Gasteiger partial charge in [0.25, 0.3) is 0 Å². The molecule has 0 amide bonds. The molecule has 0 aromatic carbocycles. The number of carboxylic acid groups (broad SMARTS) is 1. The number of carboxylic acids is 1. The molecule has 1 heterocycles. The van der Waals surface area contributed by atoms with Gasteiger partial charge in [-0.1, -0.05) is 5.16 Å². The van der Waals surface area contributed by atoms with Crippen LogP contribution in [0, 0.1) is 11.8 Å². The summed E-state index contributed by atoms with van der Waals surface area (Å²) in [6.07, 6.45) is 0.331. The maximum atomic E-state index is 10.8. The second kappa shape index (κ2) is 2.70. The van der Waals surface area contributed by atoms with Crippen molar-refractivity contribution < 1.29 is 14.7 Å². The van der Waals surface area contributed by atoms with Crippen LogP contribution in [0.3, 0.4) is 0 Å². The average Bonchev–Trinajstić information content (AvgIpc) is 2.55. The molecular weight excluding hydrogens is 172 g/mol. The lowest BCUT2D eigenvalue weighted by molar-refractivity contribution is -0.142. The lowest BCUT2D eigenvalue weighted by Gasteiger charge is -2.14. The summed E-state index contributed by atoms with van der Waals surface area (Å²) in [5.74, 6) is -1.21. The number of rotatable bonds is 1. The van der Waals surface area contributed by atoms with Gasteiger partial charge >= 0.3 is 5.97 Å². The average molecular weight is 184 g/mol. The van der Waals surface area contributed by atoms with Gasteiger partial charge in [-0.25, -0.2) is 0 Å². The van der Waals surface area contributed by atoms with Crippen molar-refractivity contribution in [2.45, 2.75) is 25.5 Å². The van der Waals surface area contributed by atoms with E-state index in [9.17, 15) is 4.79 Å². The lowest BCUT2D eigenvalue weighted by atomic mass is 10.0. The van der Waals surface area contributed by atoms with E-state index in [4.69, 9.17) is 15.7 Å². The van der Waals surface area contributed by atoms with E-state index >= 15 is 0 Å². The van der Waals surface area contributed by atoms with Crippen molar-refractivity contribution in [3.8, 4) is 0 Å². The maximum Gasteiger partial charge on any atom is 0.308 e. The predicted octanol–water partition coefficient (Wildman–Crippen LogP) is -0.191. The minimum absolute atomic E-state index is 0.107. The van der Waals surface area contributed by atoms with Crippen LogP contribution in [0.4, 0.5) is 0 Å². The van der Waals surface area contributed by atoms with Gasteiger partial charge in [0.1, 0.15) is 0 Å². The smallest absolute Gasteiger partial charge is 0.308 e. The maximum absolute atomic E-state index is 10.8. The summed E-state index contributed by atoms with van der Waals surface area (Å²) in [6, 6.07) is -0.427. The quantitative estimate of drug-likeness (QED) is 0.591. The Morgan fingerprint density at radius 1 is 1.77 bits per heavy atom. The fraction of sp³-hybridized carbons (Fsp3) is 0.750. The Bertz CT molecular complexity index is 277. The molecule has 1 aliphatic carbocycles. The van der Waals surface area contributed by atoms with Gasteiger partial charge in [0.2, 0.25) is 0 Å². The highest BCUT2D eigenvalue weighted by Gasteiger charge is 2.50. The summed E-state index contributed by atoms with van der Waals surface area (Å²) >= 11 is 0. The summed E-state index contributed by atoms with van der Waals surface area (Å²) in [4.78, 5) is 15.9. The molecule has 0 unspecified atom stereocenters. The van der Waals surface area contributed by atoms with Gasteiger partial charge in [-0.3, -0.25) is 4.79 Å². The third kappa shape index (κ3) is 1.11. The lowest BCUT2D eigenvalue weighted by Crippen LogP contribution is -2.39. The van der Waals surface area contributed by atoms with E-state index in [2.05, 4.69) is 5.16 Å². The van der Waals surface area contributed by atoms with Gasteiger partial charge in [0, 0.05) is 5.92 Å². The summed E-state index contributed by atoms with van der Waals surface area (Å²) in [5, 5.41) is 12.7. The molecule has 5 nitrogen and oxygen atoms in total. The second-order valence-corrected chi connectivity index (χ2v) is 3.67. The first-order valence-corrected chi connectivity index (χ1v) is 4.30. The highest BCUT2D eigenvalue weighted by molar-refractivity contribution is 5.87. The van der Waals surface area contributed by atoms with Crippen LogP contribution < -0.4 is 5.73 Å². The number of nitrogens with zero attached hydrogens (tertiary/aromatic N) is 1. The summed E-state index contributed by atoms with van der Waals surface area (Å²) < 4.78 is 0. The standard InChI is InChI=1S/C8H12N2O3/c1-3-4-2-5(8(11)12)6(9)7(4)13-10-3/h4-7H,2,9H2,1H3,(H,11,12)/t4-,5+,6+,7+/m1/s1. The van der Waals surface area contributed by atoms with Crippen molar-refractivity contribution in [3.63, 3.8) is 0 Å². The van der Waals surface area contributed by atoms with Crippen LogP contribution in [-0.2, 0) is 9.63 Å². The number of aliphatic carboxylic acids is 1. The van der Waals surface area contributed by atoms with Crippen molar-refractivity contribution in [2.24, 2.45) is 22.7 Å². The van der Waals surface area contributed by atoms with Crippen molar-refractivity contribution in [1.29, 1.82) is 0 Å². The summed E-state index contributed by atoms with van der Waals surface area (Å²) in [7, 11) is 0. The molecule has 0 aromatic heterocycles. The zero-order valence-electron chi connectivity index (χ0n) is 7.30. The third-order valence-corrected chi connectivity index (χ3v) is 2.92. The van der Waals surface area contributed by atoms with Gasteiger partial charge in [-0.15, -0.1) is 0 Å². The number of nitrogens with two attached hydrogens (primary N) is 1. The van der Waals surface area contributed by atoms with Crippen molar-refractivity contribution in [3.05, 3.63) is 0 Å². The minimum atomic E-state index is -0.835. The van der Waals surface area contributed by atoms with E-state index in [1.165, 1.54) is 0 Å². The topological polar surface area (TPSA) is 84.9 Å². The Kier molecular flexibility index (Phi) is 1.76. The van der Waals surface area contributed by atoms with Crippen molar-refractivity contribution >= 4 is 11.7 Å². The number of carbonyl (C=O) groups is 1. The first-order chi connectivity index (χ1) is 6.11. The van der Waals surface area contributed by atoms with Crippen LogP contribution in [0.1, 0.15) is 13.3 Å². The van der Waals surface area contributed by atoms with E-state index in [0.29, 0.717) is 6.42 Å². The van der Waals surface area contributed by atoms with Gasteiger partial charge in [0.05, 0.1) is 17.7 Å². The Morgan fingerprint density at radius 2 is 2.46 bits per heavy atom. The Hall–Kier alpha value is -1.10. The molecule has 1 saturated carbocycles. The number of oxime groups is 1. The van der Waals surface area contributed by atoms with Crippen LogP contribution in [0.25, 0.3) is 0 Å². The SMILES string of the molecule is CC1=NO[C@@H]2[C@@H](N)[C@@H](C(=O)O)C[C@H]12. The number of fused-ring (bicyclic) bond motifs is 1. The predicted molar refractivity (Wildman–Crippen MR) is 45.2 cm³/mol. The van der Waals surface area contributed by atoms with E-state index < -0.39 is 17.9 Å². The van der Waals surface area contributed by atoms with Crippen molar-refractivity contribution in [2.75, 3.05) is 0 Å². The molecule has 72 valence electrons. The summed E-state index contributed by atoms with van der Waals surface area (Å²) in [5.41, 5.74) is 6.61. The largest absolute Gasteiger partial charge is 0.481 e. The molecule has 5 heteroatoms. The molecule has 2 rings (SSSR count). The molecule has 0 spiro atoms. The fourth-order valence-corrected chi connectivity index (χ4v) is 2.09. The van der Waals surface area contributed by atoms with E-state index in [1.54, 1.807) is 0 Å². The summed E-state index contributed by atoms with van der Waals surface area (Å²) in [6.45, 7) is 1.85. The third-order valence-electron chi connectivity index (χ3n) is 2.92. The van der Waals surface area contributed by atoms with Crippen LogP contribution in [0.15, 0.2) is 5.16 Å². The highest BCUT2D eigenvalue weighted by Crippen LogP contribution is 2.37. The first kappa shape index (κ1) is 8.50.